The minimum Gasteiger partial charge on any atom is -0.353 e. The predicted molar refractivity (Wildman–Crippen MR) is 87.7 cm³/mol. The lowest BCUT2D eigenvalue weighted by atomic mass is 9.79. The zero-order valence-electron chi connectivity index (χ0n) is 13.7. The van der Waals surface area contributed by atoms with Gasteiger partial charge in [0.2, 0.25) is 5.91 Å². The summed E-state index contributed by atoms with van der Waals surface area (Å²) in [6, 6.07) is 2.29. The molecule has 0 aliphatic heterocycles. The molecule has 0 heterocycles. The zero-order valence-corrected chi connectivity index (χ0v) is 14.5. The van der Waals surface area contributed by atoms with Gasteiger partial charge in [0.25, 0.3) is 0 Å². The molecule has 0 aromatic heterocycles. The van der Waals surface area contributed by atoms with Gasteiger partial charge < -0.3 is 5.32 Å². The van der Waals surface area contributed by atoms with E-state index >= 15 is 0 Å². The third-order valence-electron chi connectivity index (χ3n) is 4.30. The van der Waals surface area contributed by atoms with Crippen LogP contribution in [-0.2, 0) is 4.79 Å². The molecule has 0 aromatic rings. The molecule has 4 heteroatoms. The van der Waals surface area contributed by atoms with Crippen molar-refractivity contribution in [2.75, 3.05) is 12.8 Å². The topological polar surface area (TPSA) is 52.9 Å². The Kier molecular flexibility index (Phi) is 8.96. The first kappa shape index (κ1) is 19.3. The number of rotatable bonds is 10. The van der Waals surface area contributed by atoms with E-state index in [0.29, 0.717) is 19.4 Å². The molecule has 0 radical (unpaired) electrons. The maximum atomic E-state index is 12.5. The van der Waals surface area contributed by atoms with Crippen LogP contribution in [-0.4, -0.2) is 23.5 Å². The van der Waals surface area contributed by atoms with E-state index in [1.165, 1.54) is 0 Å². The van der Waals surface area contributed by atoms with Crippen LogP contribution in [0.5, 0.6) is 0 Å². The van der Waals surface area contributed by atoms with E-state index in [2.05, 4.69) is 31.5 Å². The molecule has 0 fully saturated rings. The summed E-state index contributed by atoms with van der Waals surface area (Å²) in [7, 11) is 0. The van der Waals surface area contributed by atoms with E-state index in [1.54, 1.807) is 11.8 Å². The van der Waals surface area contributed by atoms with Crippen LogP contribution in [0.15, 0.2) is 0 Å². The van der Waals surface area contributed by atoms with E-state index in [-0.39, 0.29) is 10.7 Å². The lowest BCUT2D eigenvalue weighted by molar-refractivity contribution is -0.129. The van der Waals surface area contributed by atoms with Gasteiger partial charge >= 0.3 is 0 Å². The first-order chi connectivity index (χ1) is 9.49. The quantitative estimate of drug-likeness (QED) is 0.659. The van der Waals surface area contributed by atoms with Crippen molar-refractivity contribution in [2.24, 2.45) is 5.41 Å². The molecular weight excluding hydrogens is 268 g/mol. The van der Waals surface area contributed by atoms with E-state index in [4.69, 9.17) is 0 Å². The molecule has 116 valence electrons. The van der Waals surface area contributed by atoms with Gasteiger partial charge in [-0.1, -0.05) is 40.5 Å². The average molecular weight is 298 g/mol. The summed E-state index contributed by atoms with van der Waals surface area (Å²) in [6.07, 6.45) is 7.14. The largest absolute Gasteiger partial charge is 0.353 e. The average Bonchev–Trinajstić information content (AvgIpc) is 2.48. The highest BCUT2D eigenvalue weighted by Gasteiger charge is 2.38. The second-order valence-corrected chi connectivity index (χ2v) is 6.75. The van der Waals surface area contributed by atoms with Gasteiger partial charge in [-0.25, -0.2) is 0 Å². The molecule has 0 saturated heterocycles. The van der Waals surface area contributed by atoms with Gasteiger partial charge in [-0.3, -0.25) is 4.79 Å². The predicted octanol–water partition coefficient (Wildman–Crippen LogP) is 4.13. The van der Waals surface area contributed by atoms with Crippen LogP contribution < -0.4 is 5.32 Å². The molecule has 0 aliphatic carbocycles. The maximum Gasteiger partial charge on any atom is 0.240 e. The van der Waals surface area contributed by atoms with Crippen molar-refractivity contribution >= 4 is 17.7 Å². The minimum atomic E-state index is -0.838. The number of hydrogen-bond acceptors (Lipinski definition) is 3. The van der Waals surface area contributed by atoms with Crippen LogP contribution >= 0.6 is 11.8 Å². The van der Waals surface area contributed by atoms with E-state index < -0.39 is 5.41 Å². The molecule has 0 rings (SSSR count). The van der Waals surface area contributed by atoms with E-state index in [1.807, 2.05) is 13.8 Å². The lowest BCUT2D eigenvalue weighted by Crippen LogP contribution is -2.46. The Labute approximate surface area is 128 Å². The SMILES string of the molecule is CCCC(C#N)(CCC)C(=O)NCC(CC)(CC)SC. The minimum absolute atomic E-state index is 0.0796. The first-order valence-electron chi connectivity index (χ1n) is 7.74. The molecule has 0 bridgehead atoms. The van der Waals surface area contributed by atoms with Crippen molar-refractivity contribution in [1.82, 2.24) is 5.32 Å². The molecule has 1 amide bonds. The Hall–Kier alpha value is -0.690. The van der Waals surface area contributed by atoms with E-state index in [9.17, 15) is 10.1 Å². The normalized spacial score (nSPS) is 12.0. The van der Waals surface area contributed by atoms with Crippen molar-refractivity contribution in [3.63, 3.8) is 0 Å². The summed E-state index contributed by atoms with van der Waals surface area (Å²) in [4.78, 5) is 12.5. The van der Waals surface area contributed by atoms with Crippen molar-refractivity contribution in [1.29, 1.82) is 5.26 Å². The van der Waals surface area contributed by atoms with Crippen LogP contribution in [0.2, 0.25) is 0 Å². The summed E-state index contributed by atoms with van der Waals surface area (Å²) in [5, 5.41) is 12.5. The number of carbonyl (C=O) groups excluding carboxylic acids is 1. The van der Waals surface area contributed by atoms with Crippen molar-refractivity contribution in [2.45, 2.75) is 71.0 Å². The summed E-state index contributed by atoms with van der Waals surface area (Å²) >= 11 is 1.81. The van der Waals surface area contributed by atoms with Crippen molar-refractivity contribution < 1.29 is 4.79 Å². The van der Waals surface area contributed by atoms with Crippen LogP contribution in [0.25, 0.3) is 0 Å². The fourth-order valence-electron chi connectivity index (χ4n) is 2.64. The fourth-order valence-corrected chi connectivity index (χ4v) is 3.43. The zero-order chi connectivity index (χ0) is 15.6. The van der Waals surface area contributed by atoms with Crippen LogP contribution in [0.1, 0.15) is 66.2 Å². The van der Waals surface area contributed by atoms with Crippen molar-refractivity contribution in [3.05, 3.63) is 0 Å². The Balaban J connectivity index is 4.90. The highest BCUT2D eigenvalue weighted by atomic mass is 32.2. The summed E-state index contributed by atoms with van der Waals surface area (Å²) < 4.78 is 0.0925. The fraction of sp³-hybridized carbons (Fsp3) is 0.875. The van der Waals surface area contributed by atoms with Gasteiger partial charge in [-0.15, -0.1) is 0 Å². The number of nitrogens with zero attached hydrogens (tertiary/aromatic N) is 1. The first-order valence-corrected chi connectivity index (χ1v) is 8.96. The van der Waals surface area contributed by atoms with Gasteiger partial charge in [0.15, 0.2) is 0 Å². The Morgan fingerprint density at radius 2 is 1.65 bits per heavy atom. The summed E-state index contributed by atoms with van der Waals surface area (Å²) in [5.41, 5.74) is -0.838. The van der Waals surface area contributed by atoms with Crippen LogP contribution in [0.4, 0.5) is 0 Å². The van der Waals surface area contributed by atoms with E-state index in [0.717, 1.165) is 25.7 Å². The summed E-state index contributed by atoms with van der Waals surface area (Å²) in [6.45, 7) is 9.01. The second-order valence-electron chi connectivity index (χ2n) is 5.47. The highest BCUT2D eigenvalue weighted by Crippen LogP contribution is 2.32. The van der Waals surface area contributed by atoms with Gasteiger partial charge in [-0.05, 0) is 31.9 Å². The third-order valence-corrected chi connectivity index (χ3v) is 5.88. The maximum absolute atomic E-state index is 12.5. The highest BCUT2D eigenvalue weighted by molar-refractivity contribution is 8.00. The van der Waals surface area contributed by atoms with Crippen LogP contribution in [0, 0.1) is 16.7 Å². The Morgan fingerprint density at radius 3 is 1.95 bits per heavy atom. The number of carbonyl (C=O) groups is 1. The summed E-state index contributed by atoms with van der Waals surface area (Å²) in [5.74, 6) is -0.0796. The number of thioether (sulfide) groups is 1. The van der Waals surface area contributed by atoms with Gasteiger partial charge in [0.05, 0.1) is 6.07 Å². The Morgan fingerprint density at radius 1 is 1.15 bits per heavy atom. The molecule has 1 N–H and O–H groups in total. The molecular formula is C16H30N2OS. The smallest absolute Gasteiger partial charge is 0.240 e. The molecule has 0 aliphatic rings. The number of amides is 1. The number of hydrogen-bond donors (Lipinski definition) is 1. The molecule has 0 unspecified atom stereocenters. The molecule has 20 heavy (non-hydrogen) atoms. The van der Waals surface area contributed by atoms with Crippen LogP contribution in [0.3, 0.4) is 0 Å². The molecule has 3 nitrogen and oxygen atoms in total. The monoisotopic (exact) mass is 298 g/mol. The standard InChI is InChI=1S/C16H30N2OS/c1-6-10-15(12-17,11-7-2)14(19)18-13-16(8-3,9-4)20-5/h6-11,13H2,1-5H3,(H,18,19). The van der Waals surface area contributed by atoms with Gasteiger partial charge in [0, 0.05) is 11.3 Å². The lowest BCUT2D eigenvalue weighted by Gasteiger charge is -2.32. The van der Waals surface area contributed by atoms with Gasteiger partial charge in [-0.2, -0.15) is 17.0 Å². The molecule has 0 atom stereocenters. The Bertz CT molecular complexity index is 318. The second kappa shape index (κ2) is 9.28. The van der Waals surface area contributed by atoms with Gasteiger partial charge in [0.1, 0.15) is 5.41 Å². The number of nitriles is 1. The molecule has 0 saturated carbocycles. The number of nitrogens with one attached hydrogen (secondary N) is 1. The molecule has 0 spiro atoms. The van der Waals surface area contributed by atoms with Crippen molar-refractivity contribution in [3.8, 4) is 6.07 Å². The third kappa shape index (κ3) is 4.70. The molecule has 0 aromatic carbocycles.